The quantitative estimate of drug-likeness (QED) is 0.726. The normalized spacial score (nSPS) is 11.9. The molecule has 1 aromatic rings. The second-order valence-corrected chi connectivity index (χ2v) is 7.51. The number of rotatable bonds is 8. The predicted molar refractivity (Wildman–Crippen MR) is 71.3 cm³/mol. The third kappa shape index (κ3) is 6.16. The van der Waals surface area contributed by atoms with E-state index in [2.05, 4.69) is 24.4 Å². The summed E-state index contributed by atoms with van der Waals surface area (Å²) >= 11 is 1.73. The van der Waals surface area contributed by atoms with Crippen molar-refractivity contribution >= 4 is 21.2 Å². The topological polar surface area (TPSA) is 55.4 Å². The molecule has 0 radical (unpaired) electrons. The molecule has 4 nitrogen and oxygen atoms in total. The number of methoxy groups -OCH3 is 1. The lowest BCUT2D eigenvalue weighted by molar-refractivity contribution is 0.217. The highest BCUT2D eigenvalue weighted by atomic mass is 32.2. The van der Waals surface area contributed by atoms with Gasteiger partial charge in [0.25, 0.3) is 0 Å². The molecule has 0 aliphatic rings. The van der Waals surface area contributed by atoms with E-state index >= 15 is 0 Å². The maximum absolute atomic E-state index is 11.5. The maximum atomic E-state index is 11.5. The average Bonchev–Trinajstić information content (AvgIpc) is 2.68. The van der Waals surface area contributed by atoms with Crippen molar-refractivity contribution < 1.29 is 13.2 Å². The first-order valence-corrected chi connectivity index (χ1v) is 8.13. The van der Waals surface area contributed by atoms with E-state index in [0.717, 1.165) is 6.54 Å². The van der Waals surface area contributed by atoms with Gasteiger partial charge in [-0.1, -0.05) is 0 Å². The van der Waals surface area contributed by atoms with Crippen molar-refractivity contribution in [1.29, 1.82) is 0 Å². The van der Waals surface area contributed by atoms with E-state index in [9.17, 15) is 8.42 Å². The first kappa shape index (κ1) is 14.6. The minimum Gasteiger partial charge on any atom is -0.384 e. The molecule has 1 rings (SSSR count). The number of aryl methyl sites for hydroxylation is 1. The number of thiophene rings is 1. The Bertz CT molecular complexity index is 426. The molecule has 0 aromatic carbocycles. The molecule has 1 heterocycles. The Morgan fingerprint density at radius 3 is 2.71 bits per heavy atom. The van der Waals surface area contributed by atoms with E-state index in [4.69, 9.17) is 4.74 Å². The van der Waals surface area contributed by atoms with Gasteiger partial charge < -0.3 is 10.1 Å². The van der Waals surface area contributed by atoms with Crippen LogP contribution in [0.4, 0.5) is 0 Å². The summed E-state index contributed by atoms with van der Waals surface area (Å²) in [4.78, 5) is 2.51. The molecule has 0 atom stereocenters. The zero-order valence-corrected chi connectivity index (χ0v) is 11.9. The van der Waals surface area contributed by atoms with Gasteiger partial charge in [0.05, 0.1) is 18.1 Å². The standard InChI is InChI=1S/C11H19NO3S2/c1-10-3-4-11(16-10)9-12-5-7-17(13,14)8-6-15-2/h3-4,12H,5-9H2,1-2H3. The molecule has 0 saturated carbocycles. The van der Waals surface area contributed by atoms with E-state index in [1.807, 2.05) is 0 Å². The molecule has 0 unspecified atom stereocenters. The second-order valence-electron chi connectivity index (χ2n) is 3.83. The molecule has 0 spiro atoms. The third-order valence-electron chi connectivity index (χ3n) is 2.28. The van der Waals surface area contributed by atoms with Gasteiger partial charge in [-0.25, -0.2) is 8.42 Å². The first-order chi connectivity index (χ1) is 8.03. The van der Waals surface area contributed by atoms with Crippen LogP contribution in [0.15, 0.2) is 12.1 Å². The van der Waals surface area contributed by atoms with Crippen molar-refractivity contribution in [1.82, 2.24) is 5.32 Å². The number of nitrogens with one attached hydrogen (secondary N) is 1. The van der Waals surface area contributed by atoms with Crippen LogP contribution >= 0.6 is 11.3 Å². The molecule has 17 heavy (non-hydrogen) atoms. The second kappa shape index (κ2) is 7.10. The molecule has 0 amide bonds. The summed E-state index contributed by atoms with van der Waals surface area (Å²) in [7, 11) is -1.47. The Kier molecular flexibility index (Phi) is 6.11. The van der Waals surface area contributed by atoms with Crippen molar-refractivity contribution in [2.45, 2.75) is 13.5 Å². The van der Waals surface area contributed by atoms with Crippen LogP contribution in [0.5, 0.6) is 0 Å². The van der Waals surface area contributed by atoms with Crippen molar-refractivity contribution in [2.75, 3.05) is 31.8 Å². The minimum absolute atomic E-state index is 0.100. The highest BCUT2D eigenvalue weighted by molar-refractivity contribution is 7.91. The molecule has 0 aliphatic carbocycles. The van der Waals surface area contributed by atoms with Crippen molar-refractivity contribution in [3.63, 3.8) is 0 Å². The van der Waals surface area contributed by atoms with Crippen LogP contribution in [0.1, 0.15) is 9.75 Å². The molecule has 1 N–H and O–H groups in total. The average molecular weight is 277 g/mol. The van der Waals surface area contributed by atoms with Crippen molar-refractivity contribution in [2.24, 2.45) is 0 Å². The molecule has 0 fully saturated rings. The summed E-state index contributed by atoms with van der Waals surface area (Å²) in [5.74, 6) is 0.268. The Balaban J connectivity index is 2.19. The molecular weight excluding hydrogens is 258 g/mol. The van der Waals surface area contributed by atoms with E-state index in [1.165, 1.54) is 16.9 Å². The molecular formula is C11H19NO3S2. The molecule has 1 aromatic heterocycles. The van der Waals surface area contributed by atoms with Gasteiger partial charge >= 0.3 is 0 Å². The summed E-state index contributed by atoms with van der Waals surface area (Å²) < 4.78 is 27.7. The summed E-state index contributed by atoms with van der Waals surface area (Å²) in [6, 6.07) is 4.13. The summed E-state index contributed by atoms with van der Waals surface area (Å²) in [6.45, 7) is 3.55. The van der Waals surface area contributed by atoms with Crippen LogP contribution in [0, 0.1) is 6.92 Å². The van der Waals surface area contributed by atoms with Crippen LogP contribution in [-0.2, 0) is 21.1 Å². The fourth-order valence-electron chi connectivity index (χ4n) is 1.33. The lowest BCUT2D eigenvalue weighted by Gasteiger charge is -2.04. The fourth-order valence-corrected chi connectivity index (χ4v) is 3.27. The lowest BCUT2D eigenvalue weighted by atomic mass is 10.4. The van der Waals surface area contributed by atoms with Crippen LogP contribution < -0.4 is 5.32 Å². The van der Waals surface area contributed by atoms with Gasteiger partial charge in [-0.05, 0) is 19.1 Å². The lowest BCUT2D eigenvalue weighted by Crippen LogP contribution is -2.25. The van der Waals surface area contributed by atoms with Gasteiger partial charge in [-0.2, -0.15) is 0 Å². The van der Waals surface area contributed by atoms with Crippen LogP contribution in [0.25, 0.3) is 0 Å². The largest absolute Gasteiger partial charge is 0.384 e. The van der Waals surface area contributed by atoms with E-state index in [0.29, 0.717) is 6.54 Å². The highest BCUT2D eigenvalue weighted by Crippen LogP contribution is 2.14. The number of hydrogen-bond donors (Lipinski definition) is 1. The van der Waals surface area contributed by atoms with Gasteiger partial charge in [-0.3, -0.25) is 0 Å². The number of hydrogen-bond acceptors (Lipinski definition) is 5. The van der Waals surface area contributed by atoms with Crippen molar-refractivity contribution in [3.05, 3.63) is 21.9 Å². The summed E-state index contributed by atoms with van der Waals surface area (Å²) in [6.07, 6.45) is 0. The molecule has 98 valence electrons. The van der Waals surface area contributed by atoms with Crippen LogP contribution in [-0.4, -0.2) is 40.2 Å². The van der Waals surface area contributed by atoms with E-state index in [1.54, 1.807) is 11.3 Å². The molecule has 0 saturated heterocycles. The van der Waals surface area contributed by atoms with Gasteiger partial charge in [0.15, 0.2) is 9.84 Å². The third-order valence-corrected chi connectivity index (χ3v) is 4.90. The number of ether oxygens (including phenoxy) is 1. The van der Waals surface area contributed by atoms with Gasteiger partial charge in [0, 0.05) is 30.0 Å². The van der Waals surface area contributed by atoms with Crippen LogP contribution in [0.3, 0.4) is 0 Å². The minimum atomic E-state index is -2.98. The Labute approximate surface area is 107 Å². The molecule has 0 bridgehead atoms. The predicted octanol–water partition coefficient (Wildman–Crippen LogP) is 1.21. The Hall–Kier alpha value is -0.430. The van der Waals surface area contributed by atoms with E-state index in [-0.39, 0.29) is 18.1 Å². The van der Waals surface area contributed by atoms with Crippen molar-refractivity contribution in [3.8, 4) is 0 Å². The molecule has 0 aliphatic heterocycles. The van der Waals surface area contributed by atoms with Gasteiger partial charge in [-0.15, -0.1) is 11.3 Å². The number of sulfone groups is 1. The smallest absolute Gasteiger partial charge is 0.153 e. The monoisotopic (exact) mass is 277 g/mol. The zero-order chi connectivity index (χ0) is 12.7. The zero-order valence-electron chi connectivity index (χ0n) is 10.2. The van der Waals surface area contributed by atoms with Gasteiger partial charge in [0.1, 0.15) is 0 Å². The fraction of sp³-hybridized carbons (Fsp3) is 0.636. The first-order valence-electron chi connectivity index (χ1n) is 5.49. The summed E-state index contributed by atoms with van der Waals surface area (Å²) in [5, 5.41) is 3.14. The molecule has 6 heteroatoms. The van der Waals surface area contributed by atoms with Gasteiger partial charge in [0.2, 0.25) is 0 Å². The van der Waals surface area contributed by atoms with Crippen LogP contribution in [0.2, 0.25) is 0 Å². The summed E-state index contributed by atoms with van der Waals surface area (Å²) in [5.41, 5.74) is 0. The maximum Gasteiger partial charge on any atom is 0.153 e. The van der Waals surface area contributed by atoms with E-state index < -0.39 is 9.84 Å². The Morgan fingerprint density at radius 2 is 2.12 bits per heavy atom. The SMILES string of the molecule is COCCS(=O)(=O)CCNCc1ccc(C)s1. The highest BCUT2D eigenvalue weighted by Gasteiger charge is 2.09. The Morgan fingerprint density at radius 1 is 1.35 bits per heavy atom.